The molecule has 104 valence electrons. The zero-order valence-electron chi connectivity index (χ0n) is 11.5. The van der Waals surface area contributed by atoms with E-state index in [0.29, 0.717) is 6.04 Å². The Morgan fingerprint density at radius 2 is 2.10 bits per heavy atom. The summed E-state index contributed by atoms with van der Waals surface area (Å²) in [6.07, 6.45) is 4.45. The van der Waals surface area contributed by atoms with Crippen LogP contribution in [0.1, 0.15) is 18.4 Å². The Kier molecular flexibility index (Phi) is 4.23. The van der Waals surface area contributed by atoms with Crippen molar-refractivity contribution < 1.29 is 4.74 Å². The van der Waals surface area contributed by atoms with Crippen molar-refractivity contribution in [2.45, 2.75) is 35.3 Å². The number of hydrogen-bond acceptors (Lipinski definition) is 4. The summed E-state index contributed by atoms with van der Waals surface area (Å²) in [4.78, 5) is 5.61. The highest BCUT2D eigenvalue weighted by Gasteiger charge is 2.20. The third kappa shape index (κ3) is 3.32. The van der Waals surface area contributed by atoms with E-state index in [0.717, 1.165) is 22.2 Å². The quantitative estimate of drug-likeness (QED) is 0.881. The Labute approximate surface area is 123 Å². The van der Waals surface area contributed by atoms with E-state index < -0.39 is 0 Å². The number of hydrogen-bond donors (Lipinski definition) is 1. The van der Waals surface area contributed by atoms with Crippen molar-refractivity contribution in [1.82, 2.24) is 10.3 Å². The minimum atomic E-state index is 0.708. The van der Waals surface area contributed by atoms with E-state index in [-0.39, 0.29) is 0 Å². The van der Waals surface area contributed by atoms with Crippen LogP contribution in [0.4, 0.5) is 0 Å². The average molecular weight is 286 g/mol. The number of benzene rings is 1. The van der Waals surface area contributed by atoms with Gasteiger partial charge in [-0.3, -0.25) is 0 Å². The van der Waals surface area contributed by atoms with Crippen LogP contribution in [-0.4, -0.2) is 18.1 Å². The van der Waals surface area contributed by atoms with E-state index in [9.17, 15) is 0 Å². The van der Waals surface area contributed by atoms with Gasteiger partial charge in [0.25, 0.3) is 0 Å². The zero-order chi connectivity index (χ0) is 13.8. The van der Waals surface area contributed by atoms with Crippen molar-refractivity contribution in [2.75, 3.05) is 7.11 Å². The minimum absolute atomic E-state index is 0.708. The standard InChI is InChI=1S/C16H18N2OS/c1-19-14-6-2-3-7-15(14)20-16-12(5-4-10-17-16)11-18-13-8-9-13/h2-7,10,13,18H,8-9,11H2,1H3. The summed E-state index contributed by atoms with van der Waals surface area (Å²) in [5, 5.41) is 4.59. The maximum atomic E-state index is 5.40. The van der Waals surface area contributed by atoms with Gasteiger partial charge in [-0.15, -0.1) is 0 Å². The van der Waals surface area contributed by atoms with Gasteiger partial charge in [-0.25, -0.2) is 4.98 Å². The van der Waals surface area contributed by atoms with Gasteiger partial charge in [0.2, 0.25) is 0 Å². The molecule has 1 N–H and O–H groups in total. The van der Waals surface area contributed by atoms with Crippen molar-refractivity contribution >= 4 is 11.8 Å². The maximum Gasteiger partial charge on any atom is 0.132 e. The van der Waals surface area contributed by atoms with Crippen LogP contribution in [0.2, 0.25) is 0 Å². The fourth-order valence-corrected chi connectivity index (χ4v) is 2.99. The second-order valence-corrected chi connectivity index (χ2v) is 5.91. The molecule has 0 saturated heterocycles. The molecule has 3 nitrogen and oxygen atoms in total. The molecule has 0 unspecified atom stereocenters. The fraction of sp³-hybridized carbons (Fsp3) is 0.312. The predicted molar refractivity (Wildman–Crippen MR) is 81.2 cm³/mol. The van der Waals surface area contributed by atoms with E-state index in [1.165, 1.54) is 18.4 Å². The van der Waals surface area contributed by atoms with Crippen LogP contribution in [0.3, 0.4) is 0 Å². The van der Waals surface area contributed by atoms with E-state index in [1.54, 1.807) is 18.9 Å². The Morgan fingerprint density at radius 3 is 2.90 bits per heavy atom. The summed E-state index contributed by atoms with van der Waals surface area (Å²) >= 11 is 1.66. The Morgan fingerprint density at radius 1 is 1.25 bits per heavy atom. The largest absolute Gasteiger partial charge is 0.496 e. The van der Waals surface area contributed by atoms with Gasteiger partial charge < -0.3 is 10.1 Å². The molecule has 1 aliphatic carbocycles. The topological polar surface area (TPSA) is 34.1 Å². The highest BCUT2D eigenvalue weighted by molar-refractivity contribution is 7.99. The number of rotatable bonds is 6. The number of methoxy groups -OCH3 is 1. The van der Waals surface area contributed by atoms with Gasteiger partial charge in [0.15, 0.2) is 0 Å². The number of ether oxygens (including phenoxy) is 1. The molecule has 0 amide bonds. The molecule has 1 saturated carbocycles. The van der Waals surface area contributed by atoms with E-state index in [1.807, 2.05) is 30.5 Å². The predicted octanol–water partition coefficient (Wildman–Crippen LogP) is 3.49. The highest BCUT2D eigenvalue weighted by Crippen LogP contribution is 2.35. The average Bonchev–Trinajstić information content (AvgIpc) is 3.31. The minimum Gasteiger partial charge on any atom is -0.496 e. The lowest BCUT2D eigenvalue weighted by Crippen LogP contribution is -2.16. The molecule has 2 aromatic rings. The van der Waals surface area contributed by atoms with E-state index >= 15 is 0 Å². The van der Waals surface area contributed by atoms with Gasteiger partial charge in [0.05, 0.1) is 12.0 Å². The molecular weight excluding hydrogens is 268 g/mol. The van der Waals surface area contributed by atoms with Crippen molar-refractivity contribution in [3.63, 3.8) is 0 Å². The summed E-state index contributed by atoms with van der Waals surface area (Å²) < 4.78 is 5.40. The Hall–Kier alpha value is -1.52. The fourth-order valence-electron chi connectivity index (χ4n) is 2.00. The van der Waals surface area contributed by atoms with Gasteiger partial charge in [-0.2, -0.15) is 0 Å². The first-order chi connectivity index (χ1) is 9.86. The lowest BCUT2D eigenvalue weighted by molar-refractivity contribution is 0.405. The smallest absolute Gasteiger partial charge is 0.132 e. The zero-order valence-corrected chi connectivity index (χ0v) is 12.3. The van der Waals surface area contributed by atoms with Crippen LogP contribution in [0.5, 0.6) is 5.75 Å². The van der Waals surface area contributed by atoms with Gasteiger partial charge in [-0.1, -0.05) is 30.0 Å². The van der Waals surface area contributed by atoms with Gasteiger partial charge in [0.1, 0.15) is 10.8 Å². The molecule has 0 aliphatic heterocycles. The second kappa shape index (κ2) is 6.29. The molecule has 0 bridgehead atoms. The number of nitrogens with one attached hydrogen (secondary N) is 1. The molecule has 3 rings (SSSR count). The van der Waals surface area contributed by atoms with Gasteiger partial charge in [0, 0.05) is 18.8 Å². The highest BCUT2D eigenvalue weighted by atomic mass is 32.2. The third-order valence-corrected chi connectivity index (χ3v) is 4.40. The number of nitrogens with zero attached hydrogens (tertiary/aromatic N) is 1. The van der Waals surface area contributed by atoms with E-state index in [2.05, 4.69) is 22.4 Å². The third-order valence-electron chi connectivity index (χ3n) is 3.28. The van der Waals surface area contributed by atoms with Gasteiger partial charge in [-0.05, 0) is 36.6 Å². The second-order valence-electron chi connectivity index (χ2n) is 4.88. The Balaban J connectivity index is 1.78. The van der Waals surface area contributed by atoms with Crippen LogP contribution < -0.4 is 10.1 Å². The molecule has 0 radical (unpaired) electrons. The summed E-state index contributed by atoms with van der Waals surface area (Å²) in [5.41, 5.74) is 1.25. The maximum absolute atomic E-state index is 5.40. The molecule has 1 fully saturated rings. The number of pyridine rings is 1. The molecular formula is C16H18N2OS. The van der Waals surface area contributed by atoms with Gasteiger partial charge >= 0.3 is 0 Å². The first-order valence-corrected chi connectivity index (χ1v) is 7.66. The van der Waals surface area contributed by atoms with Crippen LogP contribution in [-0.2, 0) is 6.54 Å². The van der Waals surface area contributed by atoms with Crippen molar-refractivity contribution in [1.29, 1.82) is 0 Å². The normalized spacial score (nSPS) is 14.2. The molecule has 1 aromatic carbocycles. The molecule has 4 heteroatoms. The molecule has 20 heavy (non-hydrogen) atoms. The monoisotopic (exact) mass is 286 g/mol. The first kappa shape index (κ1) is 13.5. The van der Waals surface area contributed by atoms with Crippen LogP contribution in [0.15, 0.2) is 52.5 Å². The van der Waals surface area contributed by atoms with Crippen LogP contribution >= 0.6 is 11.8 Å². The first-order valence-electron chi connectivity index (χ1n) is 6.85. The molecule has 0 spiro atoms. The lowest BCUT2D eigenvalue weighted by atomic mass is 10.3. The molecule has 1 aliphatic rings. The summed E-state index contributed by atoms with van der Waals surface area (Å²) in [7, 11) is 1.70. The summed E-state index contributed by atoms with van der Waals surface area (Å²) in [5.74, 6) is 0.893. The Bertz CT molecular complexity index is 584. The molecule has 0 atom stereocenters. The van der Waals surface area contributed by atoms with E-state index in [4.69, 9.17) is 4.74 Å². The summed E-state index contributed by atoms with van der Waals surface area (Å²) in [6, 6.07) is 12.9. The van der Waals surface area contributed by atoms with Crippen molar-refractivity contribution in [3.05, 3.63) is 48.2 Å². The van der Waals surface area contributed by atoms with Crippen molar-refractivity contribution in [2.24, 2.45) is 0 Å². The number of aromatic nitrogens is 1. The van der Waals surface area contributed by atoms with Crippen LogP contribution in [0, 0.1) is 0 Å². The van der Waals surface area contributed by atoms with Crippen LogP contribution in [0.25, 0.3) is 0 Å². The molecule has 1 aromatic heterocycles. The SMILES string of the molecule is COc1ccccc1Sc1ncccc1CNC1CC1. The summed E-state index contributed by atoms with van der Waals surface area (Å²) in [6.45, 7) is 0.885. The van der Waals surface area contributed by atoms with Crippen molar-refractivity contribution in [3.8, 4) is 5.75 Å². The lowest BCUT2D eigenvalue weighted by Gasteiger charge is -2.11. The molecule has 1 heterocycles. The number of para-hydroxylation sites is 1.